The predicted octanol–water partition coefficient (Wildman–Crippen LogP) is 5.25. The highest BCUT2D eigenvalue weighted by Gasteiger charge is 2.22. The topological polar surface area (TPSA) is 80.9 Å². The molecule has 0 aliphatic rings. The molecule has 0 spiro atoms. The zero-order valence-electron chi connectivity index (χ0n) is 16.5. The van der Waals surface area contributed by atoms with Crippen molar-refractivity contribution in [2.75, 3.05) is 5.32 Å². The summed E-state index contributed by atoms with van der Waals surface area (Å²) in [5, 5.41) is 7.66. The number of anilines is 1. The van der Waals surface area contributed by atoms with Crippen molar-refractivity contribution >= 4 is 23.4 Å². The van der Waals surface area contributed by atoms with E-state index in [1.807, 2.05) is 44.2 Å². The van der Waals surface area contributed by atoms with Gasteiger partial charge in [0.05, 0.1) is 17.7 Å². The molecule has 0 fully saturated rings. The molecule has 2 aromatic carbocycles. The summed E-state index contributed by atoms with van der Waals surface area (Å²) in [6.45, 7) is 3.99. The Hall–Kier alpha value is -3.51. The van der Waals surface area contributed by atoms with Gasteiger partial charge in [-0.2, -0.15) is 0 Å². The Labute approximate surface area is 178 Å². The second kappa shape index (κ2) is 8.47. The number of nitrogens with zero attached hydrogens (tertiary/aromatic N) is 3. The maximum Gasteiger partial charge on any atom is 0.241 e. The molecule has 0 radical (unpaired) electrons. The van der Waals surface area contributed by atoms with Crippen molar-refractivity contribution in [1.29, 1.82) is 0 Å². The molecule has 0 bridgehead atoms. The molecule has 30 heavy (non-hydrogen) atoms. The monoisotopic (exact) mass is 418 g/mol. The van der Waals surface area contributed by atoms with Crippen molar-refractivity contribution < 1.29 is 9.32 Å². The molecule has 150 valence electrons. The highest BCUT2D eigenvalue weighted by Crippen LogP contribution is 2.37. The fourth-order valence-electron chi connectivity index (χ4n) is 3.19. The Morgan fingerprint density at radius 1 is 1.10 bits per heavy atom. The minimum absolute atomic E-state index is 0.196. The van der Waals surface area contributed by atoms with Crippen LogP contribution in [-0.2, 0) is 11.2 Å². The summed E-state index contributed by atoms with van der Waals surface area (Å²) in [5.74, 6) is 0.0479. The van der Waals surface area contributed by atoms with Crippen molar-refractivity contribution in [2.45, 2.75) is 20.3 Å². The minimum Gasteiger partial charge on any atom is -0.337 e. The second-order valence-corrected chi connectivity index (χ2v) is 7.43. The highest BCUT2D eigenvalue weighted by atomic mass is 35.5. The zero-order valence-corrected chi connectivity index (χ0v) is 17.3. The van der Waals surface area contributed by atoms with Crippen LogP contribution in [0.3, 0.4) is 0 Å². The number of rotatable bonds is 5. The summed E-state index contributed by atoms with van der Waals surface area (Å²) in [7, 11) is 0. The average Bonchev–Trinajstić information content (AvgIpc) is 3.15. The van der Waals surface area contributed by atoms with Crippen LogP contribution >= 0.6 is 11.6 Å². The molecule has 7 heteroatoms. The van der Waals surface area contributed by atoms with Gasteiger partial charge >= 0.3 is 0 Å². The van der Waals surface area contributed by atoms with Crippen LogP contribution < -0.4 is 5.32 Å². The first-order valence-corrected chi connectivity index (χ1v) is 9.77. The number of halogens is 1. The number of hydrogen-bond acceptors (Lipinski definition) is 5. The lowest BCUT2D eigenvalue weighted by Gasteiger charge is -2.08. The van der Waals surface area contributed by atoms with Crippen LogP contribution in [0.5, 0.6) is 0 Å². The zero-order chi connectivity index (χ0) is 21.1. The van der Waals surface area contributed by atoms with Gasteiger partial charge in [-0.05, 0) is 43.2 Å². The standard InChI is InChI=1S/C23H19ClN4O2/c1-14-3-4-15(2)17(11-14)12-20(29)27-23-21(19-9-10-25-13-26-19)22(28-30-23)16-5-7-18(24)8-6-16/h3-11,13H,12H2,1-2H3,(H,27,29). The number of carbonyl (C=O) groups excluding carboxylic acids is 1. The summed E-state index contributed by atoms with van der Waals surface area (Å²) >= 11 is 6.01. The predicted molar refractivity (Wildman–Crippen MR) is 116 cm³/mol. The van der Waals surface area contributed by atoms with Crippen LogP contribution in [-0.4, -0.2) is 21.0 Å². The fourth-order valence-corrected chi connectivity index (χ4v) is 3.32. The average molecular weight is 419 g/mol. The van der Waals surface area contributed by atoms with E-state index >= 15 is 0 Å². The van der Waals surface area contributed by atoms with E-state index < -0.39 is 0 Å². The molecule has 6 nitrogen and oxygen atoms in total. The molecule has 0 aliphatic heterocycles. The second-order valence-electron chi connectivity index (χ2n) is 6.99. The molecule has 2 aromatic heterocycles. The van der Waals surface area contributed by atoms with Gasteiger partial charge in [-0.1, -0.05) is 52.7 Å². The number of carbonyl (C=O) groups is 1. The Morgan fingerprint density at radius 3 is 2.63 bits per heavy atom. The van der Waals surface area contributed by atoms with Crippen molar-refractivity contribution in [3.8, 4) is 22.5 Å². The van der Waals surface area contributed by atoms with Crippen LogP contribution in [0, 0.1) is 13.8 Å². The van der Waals surface area contributed by atoms with Gasteiger partial charge in [-0.3, -0.25) is 10.1 Å². The van der Waals surface area contributed by atoms with Gasteiger partial charge in [0.2, 0.25) is 11.8 Å². The summed E-state index contributed by atoms with van der Waals surface area (Å²) in [6.07, 6.45) is 3.30. The lowest BCUT2D eigenvalue weighted by molar-refractivity contribution is -0.115. The van der Waals surface area contributed by atoms with Gasteiger partial charge in [0, 0.05) is 16.8 Å². The first-order chi connectivity index (χ1) is 14.5. The number of nitrogens with one attached hydrogen (secondary N) is 1. The largest absolute Gasteiger partial charge is 0.337 e. The van der Waals surface area contributed by atoms with E-state index in [1.165, 1.54) is 6.33 Å². The molecule has 1 amide bonds. The molecular weight excluding hydrogens is 400 g/mol. The van der Waals surface area contributed by atoms with Crippen molar-refractivity contribution in [2.24, 2.45) is 0 Å². The number of hydrogen-bond donors (Lipinski definition) is 1. The molecule has 0 unspecified atom stereocenters. The van der Waals surface area contributed by atoms with Crippen LogP contribution in [0.4, 0.5) is 5.88 Å². The number of benzene rings is 2. The lowest BCUT2D eigenvalue weighted by atomic mass is 10.0. The van der Waals surface area contributed by atoms with Crippen LogP contribution in [0.2, 0.25) is 5.02 Å². The van der Waals surface area contributed by atoms with Crippen LogP contribution in [0.15, 0.2) is 65.6 Å². The third kappa shape index (κ3) is 4.23. The van der Waals surface area contributed by atoms with Crippen LogP contribution in [0.1, 0.15) is 16.7 Å². The van der Waals surface area contributed by atoms with Crippen molar-refractivity contribution in [3.63, 3.8) is 0 Å². The third-order valence-electron chi connectivity index (χ3n) is 4.76. The molecule has 0 atom stereocenters. The van der Waals surface area contributed by atoms with Crippen LogP contribution in [0.25, 0.3) is 22.5 Å². The Kier molecular flexibility index (Phi) is 5.59. The highest BCUT2D eigenvalue weighted by molar-refractivity contribution is 6.30. The minimum atomic E-state index is -0.196. The Morgan fingerprint density at radius 2 is 1.90 bits per heavy atom. The molecule has 0 saturated carbocycles. The number of aryl methyl sites for hydroxylation is 2. The van der Waals surface area contributed by atoms with Gasteiger partial charge in [0.25, 0.3) is 0 Å². The van der Waals surface area contributed by atoms with Gasteiger partial charge in [0.15, 0.2) is 0 Å². The molecule has 4 rings (SSSR count). The van der Waals surface area contributed by atoms with Gasteiger partial charge in [-0.15, -0.1) is 0 Å². The smallest absolute Gasteiger partial charge is 0.241 e. The normalized spacial score (nSPS) is 10.8. The quantitative estimate of drug-likeness (QED) is 0.478. The summed E-state index contributed by atoms with van der Waals surface area (Å²) in [5.41, 5.74) is 5.68. The first kappa shape index (κ1) is 19.8. The molecule has 0 aliphatic carbocycles. The van der Waals surface area contributed by atoms with E-state index in [9.17, 15) is 4.79 Å². The van der Waals surface area contributed by atoms with Gasteiger partial charge in [0.1, 0.15) is 12.0 Å². The van der Waals surface area contributed by atoms with E-state index in [1.54, 1.807) is 24.4 Å². The summed E-state index contributed by atoms with van der Waals surface area (Å²) in [4.78, 5) is 21.1. The van der Waals surface area contributed by atoms with E-state index in [0.29, 0.717) is 22.0 Å². The summed E-state index contributed by atoms with van der Waals surface area (Å²) < 4.78 is 5.52. The van der Waals surface area contributed by atoms with Crippen molar-refractivity contribution in [3.05, 3.63) is 82.8 Å². The maximum absolute atomic E-state index is 12.8. The lowest BCUT2D eigenvalue weighted by Crippen LogP contribution is -2.15. The van der Waals surface area contributed by atoms with Gasteiger partial charge < -0.3 is 4.52 Å². The maximum atomic E-state index is 12.8. The molecule has 0 saturated heterocycles. The van der Waals surface area contributed by atoms with Gasteiger partial charge in [-0.25, -0.2) is 9.97 Å². The van der Waals surface area contributed by atoms with Crippen molar-refractivity contribution in [1.82, 2.24) is 15.1 Å². The molecule has 4 aromatic rings. The molecule has 1 N–H and O–H groups in total. The summed E-state index contributed by atoms with van der Waals surface area (Å²) in [6, 6.07) is 15.0. The molecular formula is C23H19ClN4O2. The Bertz CT molecular complexity index is 1190. The van der Waals surface area contributed by atoms with E-state index in [0.717, 1.165) is 22.3 Å². The third-order valence-corrected chi connectivity index (χ3v) is 5.01. The van der Waals surface area contributed by atoms with E-state index in [-0.39, 0.29) is 18.2 Å². The first-order valence-electron chi connectivity index (χ1n) is 9.39. The SMILES string of the molecule is Cc1ccc(C)c(CC(=O)Nc2onc(-c3ccc(Cl)cc3)c2-c2ccncn2)c1. The Balaban J connectivity index is 1.68. The molecule has 2 heterocycles. The number of amides is 1. The fraction of sp³-hybridized carbons (Fsp3) is 0.130. The van der Waals surface area contributed by atoms with E-state index in [2.05, 4.69) is 20.4 Å². The number of aromatic nitrogens is 3. The van der Waals surface area contributed by atoms with E-state index in [4.69, 9.17) is 16.1 Å².